The van der Waals surface area contributed by atoms with Crippen molar-refractivity contribution >= 4 is 11.9 Å². The molecule has 0 aromatic heterocycles. The predicted molar refractivity (Wildman–Crippen MR) is 115 cm³/mol. The molecule has 0 fully saturated rings. The molecular weight excluding hydrogens is 364 g/mol. The van der Waals surface area contributed by atoms with Crippen molar-refractivity contribution in [2.45, 2.75) is 52.2 Å². The Morgan fingerprint density at radius 1 is 0.931 bits per heavy atom. The van der Waals surface area contributed by atoms with Crippen molar-refractivity contribution < 1.29 is 14.3 Å². The van der Waals surface area contributed by atoms with Crippen molar-refractivity contribution in [3.63, 3.8) is 0 Å². The highest BCUT2D eigenvalue weighted by Gasteiger charge is 2.30. The van der Waals surface area contributed by atoms with Gasteiger partial charge in [-0.1, -0.05) is 74.0 Å². The van der Waals surface area contributed by atoms with E-state index in [2.05, 4.69) is 12.2 Å². The normalized spacial score (nSPS) is 11.8. The van der Waals surface area contributed by atoms with Gasteiger partial charge in [-0.05, 0) is 24.5 Å². The van der Waals surface area contributed by atoms with E-state index in [1.165, 1.54) is 0 Å². The molecule has 5 heteroatoms. The topological polar surface area (TPSA) is 58.6 Å². The Morgan fingerprint density at radius 3 is 1.97 bits per heavy atom. The highest BCUT2D eigenvalue weighted by Crippen LogP contribution is 2.17. The van der Waals surface area contributed by atoms with Crippen LogP contribution in [0.1, 0.15) is 44.2 Å². The molecule has 29 heavy (non-hydrogen) atoms. The maximum absolute atomic E-state index is 12.8. The lowest BCUT2D eigenvalue weighted by molar-refractivity contribution is -0.152. The number of rotatable bonds is 12. The van der Waals surface area contributed by atoms with E-state index in [0.717, 1.165) is 24.0 Å². The molecule has 0 saturated carbocycles. The van der Waals surface area contributed by atoms with Gasteiger partial charge in [0.25, 0.3) is 0 Å². The summed E-state index contributed by atoms with van der Waals surface area (Å²) in [6.45, 7) is 5.90. The fourth-order valence-corrected chi connectivity index (χ4v) is 3.16. The average Bonchev–Trinajstić information content (AvgIpc) is 2.73. The van der Waals surface area contributed by atoms with Gasteiger partial charge in [-0.2, -0.15) is 0 Å². The van der Waals surface area contributed by atoms with E-state index in [4.69, 9.17) is 4.74 Å². The number of hydrogen-bond acceptors (Lipinski definition) is 4. The van der Waals surface area contributed by atoms with Gasteiger partial charge in [0, 0.05) is 19.6 Å². The average molecular weight is 397 g/mol. The zero-order valence-electron chi connectivity index (χ0n) is 17.5. The molecular formula is C24H32N2O3. The summed E-state index contributed by atoms with van der Waals surface area (Å²) in [5, 5.41) is 2.92. The van der Waals surface area contributed by atoms with Gasteiger partial charge in [0.2, 0.25) is 5.91 Å². The van der Waals surface area contributed by atoms with Crippen LogP contribution >= 0.6 is 0 Å². The van der Waals surface area contributed by atoms with Crippen LogP contribution in [0.25, 0.3) is 0 Å². The molecule has 0 radical (unpaired) electrons. The zero-order chi connectivity index (χ0) is 20.9. The number of amides is 1. The van der Waals surface area contributed by atoms with E-state index in [1.54, 1.807) is 6.92 Å². The Morgan fingerprint density at radius 2 is 1.48 bits per heavy atom. The molecule has 1 amide bonds. The number of hydrogen-bond donors (Lipinski definition) is 1. The fraction of sp³-hybridized carbons (Fsp3) is 0.417. The Balaban J connectivity index is 2.23. The third kappa shape index (κ3) is 8.08. The maximum atomic E-state index is 12.8. The summed E-state index contributed by atoms with van der Waals surface area (Å²) in [5.41, 5.74) is 2.17. The first-order chi connectivity index (χ1) is 14.1. The molecule has 0 aliphatic heterocycles. The standard InChI is InChI=1S/C24H32N2O3/c1-3-5-16-25-23(27)17-22(24(28)29-4-2)26(18-20-12-8-6-9-13-20)19-21-14-10-7-11-15-21/h6-15,22H,3-5,16-19H2,1-2H3,(H,25,27)/t22-/m0/s1. The van der Waals surface area contributed by atoms with Crippen LogP contribution in [0.2, 0.25) is 0 Å². The molecule has 5 nitrogen and oxygen atoms in total. The number of nitrogens with one attached hydrogen (secondary N) is 1. The number of ether oxygens (including phenoxy) is 1. The Labute approximate surface area is 174 Å². The number of carbonyl (C=O) groups is 2. The van der Waals surface area contributed by atoms with E-state index in [0.29, 0.717) is 19.6 Å². The number of carbonyl (C=O) groups excluding carboxylic acids is 2. The first kappa shape index (κ1) is 22.6. The van der Waals surface area contributed by atoms with Crippen molar-refractivity contribution in [3.8, 4) is 0 Å². The van der Waals surface area contributed by atoms with Crippen molar-refractivity contribution in [1.82, 2.24) is 10.2 Å². The third-order valence-electron chi connectivity index (χ3n) is 4.69. The molecule has 0 heterocycles. The number of nitrogens with zero attached hydrogens (tertiary/aromatic N) is 1. The summed E-state index contributed by atoms with van der Waals surface area (Å²) in [5.74, 6) is -0.479. The van der Waals surface area contributed by atoms with Crippen LogP contribution < -0.4 is 5.32 Å². The lowest BCUT2D eigenvalue weighted by Crippen LogP contribution is -2.44. The molecule has 0 aliphatic rings. The van der Waals surface area contributed by atoms with Gasteiger partial charge in [0.15, 0.2) is 0 Å². The summed E-state index contributed by atoms with van der Waals surface area (Å²) >= 11 is 0. The number of esters is 1. The lowest BCUT2D eigenvalue weighted by atomic mass is 10.1. The smallest absolute Gasteiger partial charge is 0.323 e. The SMILES string of the molecule is CCCCNC(=O)C[C@@H](C(=O)OCC)N(Cc1ccccc1)Cc1ccccc1. The summed E-state index contributed by atoms with van der Waals surface area (Å²) in [7, 11) is 0. The van der Waals surface area contributed by atoms with Crippen LogP contribution in [0.4, 0.5) is 0 Å². The molecule has 2 aromatic carbocycles. The molecule has 0 saturated heterocycles. The van der Waals surface area contributed by atoms with Gasteiger partial charge < -0.3 is 10.1 Å². The predicted octanol–water partition coefficient (Wildman–Crippen LogP) is 3.93. The van der Waals surface area contributed by atoms with Gasteiger partial charge in [0.1, 0.15) is 6.04 Å². The first-order valence-electron chi connectivity index (χ1n) is 10.4. The highest BCUT2D eigenvalue weighted by atomic mass is 16.5. The summed E-state index contributed by atoms with van der Waals surface area (Å²) in [4.78, 5) is 27.3. The lowest BCUT2D eigenvalue weighted by Gasteiger charge is -2.30. The summed E-state index contributed by atoms with van der Waals surface area (Å²) in [6, 6.07) is 19.3. The summed E-state index contributed by atoms with van der Waals surface area (Å²) in [6.07, 6.45) is 2.02. The molecule has 2 aromatic rings. The molecule has 0 aliphatic carbocycles. The molecule has 0 unspecified atom stereocenters. The third-order valence-corrected chi connectivity index (χ3v) is 4.69. The van der Waals surface area contributed by atoms with E-state index < -0.39 is 6.04 Å². The van der Waals surface area contributed by atoms with Gasteiger partial charge in [-0.3, -0.25) is 14.5 Å². The van der Waals surface area contributed by atoms with Gasteiger partial charge in [0.05, 0.1) is 13.0 Å². The van der Waals surface area contributed by atoms with E-state index in [1.807, 2.05) is 65.6 Å². The van der Waals surface area contributed by atoms with Crippen LogP contribution in [0.5, 0.6) is 0 Å². The van der Waals surface area contributed by atoms with Crippen LogP contribution in [0.3, 0.4) is 0 Å². The first-order valence-corrected chi connectivity index (χ1v) is 10.4. The minimum Gasteiger partial charge on any atom is -0.465 e. The van der Waals surface area contributed by atoms with Crippen molar-refractivity contribution in [2.75, 3.05) is 13.2 Å². The molecule has 156 valence electrons. The van der Waals surface area contributed by atoms with Gasteiger partial charge >= 0.3 is 5.97 Å². The molecule has 0 spiro atoms. The van der Waals surface area contributed by atoms with Crippen molar-refractivity contribution in [3.05, 3.63) is 71.8 Å². The van der Waals surface area contributed by atoms with E-state index in [-0.39, 0.29) is 24.9 Å². The number of unbranched alkanes of at least 4 members (excludes halogenated alkanes) is 1. The highest BCUT2D eigenvalue weighted by molar-refractivity contribution is 5.85. The van der Waals surface area contributed by atoms with Crippen molar-refractivity contribution in [2.24, 2.45) is 0 Å². The Bertz CT molecular complexity index is 693. The van der Waals surface area contributed by atoms with Crippen LogP contribution in [0.15, 0.2) is 60.7 Å². The Kier molecular flexibility index (Phi) is 9.93. The largest absolute Gasteiger partial charge is 0.465 e. The quantitative estimate of drug-likeness (QED) is 0.436. The second kappa shape index (κ2) is 12.7. The second-order valence-corrected chi connectivity index (χ2v) is 7.05. The molecule has 2 rings (SSSR count). The minimum atomic E-state index is -0.642. The van der Waals surface area contributed by atoms with Crippen LogP contribution in [0, 0.1) is 0 Å². The second-order valence-electron chi connectivity index (χ2n) is 7.05. The molecule has 1 atom stereocenters. The van der Waals surface area contributed by atoms with Gasteiger partial charge in [-0.15, -0.1) is 0 Å². The monoisotopic (exact) mass is 396 g/mol. The summed E-state index contributed by atoms with van der Waals surface area (Å²) < 4.78 is 5.33. The fourth-order valence-electron chi connectivity index (χ4n) is 3.16. The van der Waals surface area contributed by atoms with E-state index in [9.17, 15) is 9.59 Å². The minimum absolute atomic E-state index is 0.0855. The molecule has 1 N–H and O–H groups in total. The van der Waals surface area contributed by atoms with Crippen LogP contribution in [-0.2, 0) is 27.4 Å². The van der Waals surface area contributed by atoms with Crippen molar-refractivity contribution in [1.29, 1.82) is 0 Å². The molecule has 0 bridgehead atoms. The number of benzene rings is 2. The van der Waals surface area contributed by atoms with Gasteiger partial charge in [-0.25, -0.2) is 0 Å². The van der Waals surface area contributed by atoms with Crippen LogP contribution in [-0.4, -0.2) is 36.0 Å². The zero-order valence-corrected chi connectivity index (χ0v) is 17.5. The Hall–Kier alpha value is -2.66. The maximum Gasteiger partial charge on any atom is 0.323 e. The van der Waals surface area contributed by atoms with E-state index >= 15 is 0 Å².